The molecule has 0 bridgehead atoms. The summed E-state index contributed by atoms with van der Waals surface area (Å²) >= 11 is 0. The first-order valence-corrected chi connectivity index (χ1v) is 9.74. The number of aromatic nitrogens is 2. The Balaban J connectivity index is 1.54. The van der Waals surface area contributed by atoms with Crippen LogP contribution in [0.5, 0.6) is 5.75 Å². The van der Waals surface area contributed by atoms with Crippen LogP contribution in [0.15, 0.2) is 107 Å². The molecular weight excluding hydrogens is 390 g/mol. The molecule has 0 saturated carbocycles. The van der Waals surface area contributed by atoms with Gasteiger partial charge in [0, 0.05) is 28.2 Å². The minimum absolute atomic E-state index is 0.735. The molecule has 0 saturated heterocycles. The Morgan fingerprint density at radius 1 is 0.613 bits per heavy atom. The zero-order chi connectivity index (χ0) is 21.0. The maximum Gasteiger partial charge on any atom is 0.181 e. The van der Waals surface area contributed by atoms with Gasteiger partial charge < -0.3 is 18.5 Å². The van der Waals surface area contributed by atoms with E-state index in [4.69, 9.17) is 13.6 Å². The molecule has 2 heterocycles. The molecule has 5 rings (SSSR count). The van der Waals surface area contributed by atoms with Crippen molar-refractivity contribution in [3.63, 3.8) is 0 Å². The van der Waals surface area contributed by atoms with E-state index >= 15 is 0 Å². The van der Waals surface area contributed by atoms with Gasteiger partial charge in [0.15, 0.2) is 24.3 Å². The first-order valence-electron chi connectivity index (χ1n) is 9.74. The molecule has 0 N–H and O–H groups in total. The molecule has 2 aromatic heterocycles. The highest BCUT2D eigenvalue weighted by molar-refractivity contribution is 5.79. The molecule has 152 valence electrons. The second kappa shape index (κ2) is 8.20. The van der Waals surface area contributed by atoms with Crippen molar-refractivity contribution in [2.75, 3.05) is 12.0 Å². The summed E-state index contributed by atoms with van der Waals surface area (Å²) in [5.74, 6) is 2.28. The SMILES string of the molecule is COc1ccc(N(c2ccc(-c3cnco3)cc2)c2ccc(-c3cnco3)cc2)cc1. The lowest BCUT2D eigenvalue weighted by Gasteiger charge is -2.26. The van der Waals surface area contributed by atoms with E-state index in [1.54, 1.807) is 19.5 Å². The lowest BCUT2D eigenvalue weighted by molar-refractivity contribution is 0.415. The minimum Gasteiger partial charge on any atom is -0.497 e. The predicted molar refractivity (Wildman–Crippen MR) is 119 cm³/mol. The smallest absolute Gasteiger partial charge is 0.181 e. The maximum atomic E-state index is 5.41. The Kier molecular flexibility index (Phi) is 4.94. The van der Waals surface area contributed by atoms with Crippen LogP contribution in [-0.2, 0) is 0 Å². The van der Waals surface area contributed by atoms with E-state index in [9.17, 15) is 0 Å². The van der Waals surface area contributed by atoms with Crippen LogP contribution in [0.4, 0.5) is 17.1 Å². The Hall–Kier alpha value is -4.32. The van der Waals surface area contributed by atoms with E-state index in [2.05, 4.69) is 39.1 Å². The Labute approximate surface area is 179 Å². The number of benzene rings is 3. The molecule has 6 heteroatoms. The summed E-state index contributed by atoms with van der Waals surface area (Å²) < 4.78 is 16.1. The van der Waals surface area contributed by atoms with Gasteiger partial charge in [0.1, 0.15) is 5.75 Å². The average molecular weight is 409 g/mol. The summed E-state index contributed by atoms with van der Waals surface area (Å²) in [6.07, 6.45) is 6.28. The van der Waals surface area contributed by atoms with Crippen LogP contribution in [0.2, 0.25) is 0 Å². The number of ether oxygens (including phenoxy) is 1. The summed E-state index contributed by atoms with van der Waals surface area (Å²) in [6.45, 7) is 0. The van der Waals surface area contributed by atoms with E-state index in [1.807, 2.05) is 48.5 Å². The second-order valence-electron chi connectivity index (χ2n) is 6.86. The average Bonchev–Trinajstić information content (AvgIpc) is 3.56. The fourth-order valence-corrected chi connectivity index (χ4v) is 3.44. The van der Waals surface area contributed by atoms with Crippen molar-refractivity contribution in [3.8, 4) is 28.4 Å². The van der Waals surface area contributed by atoms with Crippen LogP contribution in [0.25, 0.3) is 22.6 Å². The van der Waals surface area contributed by atoms with Crippen molar-refractivity contribution >= 4 is 17.1 Å². The number of methoxy groups -OCH3 is 1. The molecule has 0 aliphatic carbocycles. The molecule has 0 atom stereocenters. The third-order valence-corrected chi connectivity index (χ3v) is 5.02. The second-order valence-corrected chi connectivity index (χ2v) is 6.86. The van der Waals surface area contributed by atoms with Crippen molar-refractivity contribution in [2.45, 2.75) is 0 Å². The number of nitrogens with zero attached hydrogens (tertiary/aromatic N) is 3. The lowest BCUT2D eigenvalue weighted by atomic mass is 10.1. The molecule has 0 unspecified atom stereocenters. The molecular formula is C25H19N3O3. The molecule has 3 aromatic carbocycles. The van der Waals surface area contributed by atoms with Gasteiger partial charge in [-0.25, -0.2) is 9.97 Å². The summed E-state index contributed by atoms with van der Waals surface area (Å²) in [7, 11) is 1.66. The molecule has 0 spiro atoms. The summed E-state index contributed by atoms with van der Waals surface area (Å²) in [4.78, 5) is 10.2. The predicted octanol–water partition coefficient (Wildman–Crippen LogP) is 6.48. The van der Waals surface area contributed by atoms with Gasteiger partial charge >= 0.3 is 0 Å². The van der Waals surface area contributed by atoms with Crippen LogP contribution in [0.1, 0.15) is 0 Å². The van der Waals surface area contributed by atoms with Crippen molar-refractivity contribution in [1.82, 2.24) is 9.97 Å². The highest BCUT2D eigenvalue weighted by Gasteiger charge is 2.14. The third kappa shape index (κ3) is 3.79. The van der Waals surface area contributed by atoms with Gasteiger partial charge in [-0.15, -0.1) is 0 Å². The van der Waals surface area contributed by atoms with Gasteiger partial charge in [-0.1, -0.05) is 0 Å². The van der Waals surface area contributed by atoms with Crippen LogP contribution < -0.4 is 9.64 Å². The maximum absolute atomic E-state index is 5.41. The Bertz CT molecular complexity index is 1150. The van der Waals surface area contributed by atoms with Crippen molar-refractivity contribution < 1.29 is 13.6 Å². The standard InChI is InChI=1S/C25H19N3O3/c1-29-23-12-10-22(11-13-23)28(20-6-2-18(3-7-20)24-14-26-16-30-24)21-8-4-19(5-9-21)25-15-27-17-31-25/h2-17H,1H3. The first-order chi connectivity index (χ1) is 15.3. The van der Waals surface area contributed by atoms with Crippen LogP contribution in [0, 0.1) is 0 Å². The van der Waals surface area contributed by atoms with Crippen LogP contribution in [0.3, 0.4) is 0 Å². The molecule has 6 nitrogen and oxygen atoms in total. The number of anilines is 3. The molecule has 31 heavy (non-hydrogen) atoms. The summed E-state index contributed by atoms with van der Waals surface area (Å²) in [6, 6.07) is 24.3. The third-order valence-electron chi connectivity index (χ3n) is 5.02. The zero-order valence-electron chi connectivity index (χ0n) is 16.8. The van der Waals surface area contributed by atoms with Crippen molar-refractivity contribution in [3.05, 3.63) is 98.0 Å². The number of hydrogen-bond acceptors (Lipinski definition) is 6. The van der Waals surface area contributed by atoms with Crippen molar-refractivity contribution in [2.24, 2.45) is 0 Å². The topological polar surface area (TPSA) is 64.5 Å². The van der Waals surface area contributed by atoms with Gasteiger partial charge in [-0.2, -0.15) is 0 Å². The minimum atomic E-state index is 0.735. The normalized spacial score (nSPS) is 10.7. The quantitative estimate of drug-likeness (QED) is 0.320. The molecule has 0 aliphatic heterocycles. The Morgan fingerprint density at radius 2 is 1.03 bits per heavy atom. The number of rotatable bonds is 6. The summed E-state index contributed by atoms with van der Waals surface area (Å²) in [5.41, 5.74) is 4.98. The molecule has 0 amide bonds. The molecule has 0 aliphatic rings. The van der Waals surface area contributed by atoms with E-state index < -0.39 is 0 Å². The highest BCUT2D eigenvalue weighted by Crippen LogP contribution is 2.37. The number of hydrogen-bond donors (Lipinski definition) is 0. The van der Waals surface area contributed by atoms with Gasteiger partial charge in [0.2, 0.25) is 0 Å². The van der Waals surface area contributed by atoms with E-state index in [0.717, 1.165) is 45.5 Å². The number of oxazole rings is 2. The fourth-order valence-electron chi connectivity index (χ4n) is 3.44. The lowest BCUT2D eigenvalue weighted by Crippen LogP contribution is -2.09. The largest absolute Gasteiger partial charge is 0.497 e. The first kappa shape index (κ1) is 18.7. The van der Waals surface area contributed by atoms with Gasteiger partial charge in [0.05, 0.1) is 19.5 Å². The summed E-state index contributed by atoms with van der Waals surface area (Å²) in [5, 5.41) is 0. The molecule has 0 fully saturated rings. The van der Waals surface area contributed by atoms with Crippen molar-refractivity contribution in [1.29, 1.82) is 0 Å². The van der Waals surface area contributed by atoms with E-state index in [0.29, 0.717) is 0 Å². The van der Waals surface area contributed by atoms with Gasteiger partial charge in [-0.05, 0) is 72.8 Å². The molecule has 5 aromatic rings. The van der Waals surface area contributed by atoms with Gasteiger partial charge in [-0.3, -0.25) is 0 Å². The van der Waals surface area contributed by atoms with Gasteiger partial charge in [0.25, 0.3) is 0 Å². The van der Waals surface area contributed by atoms with E-state index in [-0.39, 0.29) is 0 Å². The fraction of sp³-hybridized carbons (Fsp3) is 0.0400. The van der Waals surface area contributed by atoms with Crippen LogP contribution >= 0.6 is 0 Å². The molecule has 0 radical (unpaired) electrons. The zero-order valence-corrected chi connectivity index (χ0v) is 16.8. The monoisotopic (exact) mass is 409 g/mol. The van der Waals surface area contributed by atoms with E-state index in [1.165, 1.54) is 12.8 Å². The Morgan fingerprint density at radius 3 is 1.39 bits per heavy atom. The highest BCUT2D eigenvalue weighted by atomic mass is 16.5. The van der Waals surface area contributed by atoms with Crippen LogP contribution in [-0.4, -0.2) is 17.1 Å².